The lowest BCUT2D eigenvalue weighted by atomic mass is 10.2. The van der Waals surface area contributed by atoms with Crippen molar-refractivity contribution in [1.29, 1.82) is 0 Å². The second-order valence-electron chi connectivity index (χ2n) is 5.35. The standard InChI is InChI=1S/C15H27N3/c1-6-9-18(13(4)5)15-8-7-14(11-17-15)10-16-12(2)3/h7-8,11-13,16H,6,9-10H2,1-5H3. The highest BCUT2D eigenvalue weighted by Gasteiger charge is 2.10. The van der Waals surface area contributed by atoms with E-state index < -0.39 is 0 Å². The minimum Gasteiger partial charge on any atom is -0.354 e. The largest absolute Gasteiger partial charge is 0.354 e. The molecule has 102 valence electrons. The second kappa shape index (κ2) is 7.37. The van der Waals surface area contributed by atoms with Crippen molar-refractivity contribution in [3.8, 4) is 0 Å². The average Bonchev–Trinajstić information content (AvgIpc) is 2.34. The summed E-state index contributed by atoms with van der Waals surface area (Å²) in [5.74, 6) is 1.08. The first kappa shape index (κ1) is 15.0. The van der Waals surface area contributed by atoms with E-state index in [4.69, 9.17) is 0 Å². The molecule has 0 saturated carbocycles. The molecule has 18 heavy (non-hydrogen) atoms. The Morgan fingerprint density at radius 2 is 1.94 bits per heavy atom. The van der Waals surface area contributed by atoms with Gasteiger partial charge in [-0.2, -0.15) is 0 Å². The van der Waals surface area contributed by atoms with Crippen molar-refractivity contribution in [2.24, 2.45) is 0 Å². The molecule has 0 amide bonds. The smallest absolute Gasteiger partial charge is 0.128 e. The first-order chi connectivity index (χ1) is 8.54. The van der Waals surface area contributed by atoms with Gasteiger partial charge >= 0.3 is 0 Å². The van der Waals surface area contributed by atoms with Crippen molar-refractivity contribution >= 4 is 5.82 Å². The van der Waals surface area contributed by atoms with Crippen LogP contribution in [0.3, 0.4) is 0 Å². The molecule has 0 radical (unpaired) electrons. The lowest BCUT2D eigenvalue weighted by Crippen LogP contribution is -2.32. The zero-order chi connectivity index (χ0) is 13.5. The zero-order valence-corrected chi connectivity index (χ0v) is 12.4. The Bertz CT molecular complexity index is 330. The second-order valence-corrected chi connectivity index (χ2v) is 5.35. The van der Waals surface area contributed by atoms with Crippen LogP contribution in [0.4, 0.5) is 5.82 Å². The lowest BCUT2D eigenvalue weighted by molar-refractivity contribution is 0.587. The van der Waals surface area contributed by atoms with Crippen LogP contribution in [-0.4, -0.2) is 23.6 Å². The Balaban J connectivity index is 2.68. The first-order valence-corrected chi connectivity index (χ1v) is 6.99. The van der Waals surface area contributed by atoms with Crippen LogP contribution in [0.1, 0.15) is 46.6 Å². The van der Waals surface area contributed by atoms with Crippen molar-refractivity contribution in [3.63, 3.8) is 0 Å². The third kappa shape index (κ3) is 4.65. The van der Waals surface area contributed by atoms with Crippen LogP contribution in [0.15, 0.2) is 18.3 Å². The van der Waals surface area contributed by atoms with Crippen LogP contribution in [0.25, 0.3) is 0 Å². The van der Waals surface area contributed by atoms with Gasteiger partial charge in [-0.25, -0.2) is 4.98 Å². The summed E-state index contributed by atoms with van der Waals surface area (Å²) in [6, 6.07) is 5.31. The molecule has 1 aromatic rings. The van der Waals surface area contributed by atoms with Gasteiger partial charge in [0.2, 0.25) is 0 Å². The van der Waals surface area contributed by atoms with Crippen molar-refractivity contribution in [3.05, 3.63) is 23.9 Å². The van der Waals surface area contributed by atoms with E-state index in [1.807, 2.05) is 6.20 Å². The summed E-state index contributed by atoms with van der Waals surface area (Å²) in [4.78, 5) is 6.93. The van der Waals surface area contributed by atoms with Crippen molar-refractivity contribution < 1.29 is 0 Å². The highest BCUT2D eigenvalue weighted by atomic mass is 15.2. The van der Waals surface area contributed by atoms with E-state index in [1.165, 1.54) is 5.56 Å². The van der Waals surface area contributed by atoms with Crippen LogP contribution < -0.4 is 10.2 Å². The number of hydrogen-bond acceptors (Lipinski definition) is 3. The molecule has 0 aliphatic carbocycles. The molecule has 0 fully saturated rings. The summed E-state index contributed by atoms with van der Waals surface area (Å²) in [6.45, 7) is 12.9. The monoisotopic (exact) mass is 249 g/mol. The Hall–Kier alpha value is -1.09. The van der Waals surface area contributed by atoms with Gasteiger partial charge in [0.15, 0.2) is 0 Å². The molecule has 0 aromatic carbocycles. The number of pyridine rings is 1. The number of rotatable bonds is 7. The van der Waals surface area contributed by atoms with Gasteiger partial charge in [0, 0.05) is 31.4 Å². The molecule has 0 aliphatic rings. The highest BCUT2D eigenvalue weighted by Crippen LogP contribution is 2.15. The summed E-state index contributed by atoms with van der Waals surface area (Å²) >= 11 is 0. The van der Waals surface area contributed by atoms with Crippen molar-refractivity contribution in [1.82, 2.24) is 10.3 Å². The Morgan fingerprint density at radius 3 is 2.39 bits per heavy atom. The zero-order valence-electron chi connectivity index (χ0n) is 12.4. The normalized spacial score (nSPS) is 11.3. The predicted molar refractivity (Wildman–Crippen MR) is 79.0 cm³/mol. The first-order valence-electron chi connectivity index (χ1n) is 6.99. The van der Waals surface area contributed by atoms with Crippen LogP contribution in [0.2, 0.25) is 0 Å². The fraction of sp³-hybridized carbons (Fsp3) is 0.667. The molecule has 1 aromatic heterocycles. The molecule has 3 heteroatoms. The number of hydrogen-bond donors (Lipinski definition) is 1. The molecular weight excluding hydrogens is 222 g/mol. The summed E-state index contributed by atoms with van der Waals surface area (Å²) in [6.07, 6.45) is 3.13. The maximum Gasteiger partial charge on any atom is 0.128 e. The summed E-state index contributed by atoms with van der Waals surface area (Å²) in [5.41, 5.74) is 1.24. The molecule has 1 rings (SSSR count). The topological polar surface area (TPSA) is 28.2 Å². The summed E-state index contributed by atoms with van der Waals surface area (Å²) < 4.78 is 0. The van der Waals surface area contributed by atoms with E-state index in [2.05, 4.69) is 62.0 Å². The van der Waals surface area contributed by atoms with Gasteiger partial charge in [0.05, 0.1) is 0 Å². The van der Waals surface area contributed by atoms with E-state index in [1.54, 1.807) is 0 Å². The molecule has 0 unspecified atom stereocenters. The van der Waals surface area contributed by atoms with E-state index in [0.717, 1.165) is 25.3 Å². The third-order valence-electron chi connectivity index (χ3n) is 2.91. The molecule has 0 saturated heterocycles. The average molecular weight is 249 g/mol. The minimum atomic E-state index is 0.497. The fourth-order valence-corrected chi connectivity index (χ4v) is 1.89. The maximum atomic E-state index is 4.58. The van der Waals surface area contributed by atoms with Gasteiger partial charge in [-0.3, -0.25) is 0 Å². The number of aromatic nitrogens is 1. The Morgan fingerprint density at radius 1 is 1.22 bits per heavy atom. The van der Waals surface area contributed by atoms with Gasteiger partial charge in [-0.15, -0.1) is 0 Å². The van der Waals surface area contributed by atoms with Crippen LogP contribution >= 0.6 is 0 Å². The number of nitrogens with one attached hydrogen (secondary N) is 1. The van der Waals surface area contributed by atoms with Crippen molar-refractivity contribution in [2.45, 2.75) is 59.7 Å². The number of nitrogens with zero attached hydrogens (tertiary/aromatic N) is 2. The quantitative estimate of drug-likeness (QED) is 0.804. The van der Waals surface area contributed by atoms with E-state index in [9.17, 15) is 0 Å². The molecule has 0 bridgehead atoms. The van der Waals surface area contributed by atoms with Gasteiger partial charge in [0.1, 0.15) is 5.82 Å². The lowest BCUT2D eigenvalue weighted by Gasteiger charge is -2.27. The van der Waals surface area contributed by atoms with E-state index in [-0.39, 0.29) is 0 Å². The molecule has 0 aliphatic heterocycles. The molecule has 1 N–H and O–H groups in total. The molecule has 0 atom stereocenters. The highest BCUT2D eigenvalue weighted by molar-refractivity contribution is 5.40. The van der Waals surface area contributed by atoms with Crippen LogP contribution in [0.5, 0.6) is 0 Å². The predicted octanol–water partition coefficient (Wildman–Crippen LogP) is 3.20. The van der Waals surface area contributed by atoms with Gasteiger partial charge in [-0.05, 0) is 31.9 Å². The number of anilines is 1. The molecule has 0 spiro atoms. The third-order valence-corrected chi connectivity index (χ3v) is 2.91. The summed E-state index contributed by atoms with van der Waals surface area (Å²) in [5, 5.41) is 3.40. The summed E-state index contributed by atoms with van der Waals surface area (Å²) in [7, 11) is 0. The van der Waals surface area contributed by atoms with Crippen LogP contribution in [-0.2, 0) is 6.54 Å². The van der Waals surface area contributed by atoms with E-state index in [0.29, 0.717) is 12.1 Å². The maximum absolute atomic E-state index is 4.58. The van der Waals surface area contributed by atoms with E-state index >= 15 is 0 Å². The minimum absolute atomic E-state index is 0.497. The molecule has 3 nitrogen and oxygen atoms in total. The van der Waals surface area contributed by atoms with Gasteiger partial charge in [-0.1, -0.05) is 26.8 Å². The van der Waals surface area contributed by atoms with Crippen LogP contribution in [0, 0.1) is 0 Å². The van der Waals surface area contributed by atoms with Gasteiger partial charge in [0.25, 0.3) is 0 Å². The Kier molecular flexibility index (Phi) is 6.13. The van der Waals surface area contributed by atoms with Gasteiger partial charge < -0.3 is 10.2 Å². The molecule has 1 heterocycles. The molecular formula is C15H27N3. The fourth-order valence-electron chi connectivity index (χ4n) is 1.89. The van der Waals surface area contributed by atoms with Crippen molar-refractivity contribution in [2.75, 3.05) is 11.4 Å². The SMILES string of the molecule is CCCN(c1ccc(CNC(C)C)cn1)C(C)C. The Labute approximate surface area is 112 Å².